The molecule has 5 nitrogen and oxygen atoms in total. The number of ketones is 2. The number of hydrogen-bond donors (Lipinski definition) is 1. The normalized spacial score (nSPS) is 19.7. The van der Waals surface area contributed by atoms with E-state index >= 15 is 0 Å². The molecule has 3 rings (SSSR count). The van der Waals surface area contributed by atoms with Crippen molar-refractivity contribution in [2.24, 2.45) is 5.92 Å². The van der Waals surface area contributed by atoms with Crippen LogP contribution in [0.15, 0.2) is 40.7 Å². The molecule has 1 aromatic rings. The first-order valence-electron chi connectivity index (χ1n) is 8.47. The predicted octanol–water partition coefficient (Wildman–Crippen LogP) is 3.63. The Morgan fingerprint density at radius 1 is 1.08 bits per heavy atom. The van der Waals surface area contributed by atoms with Gasteiger partial charge in [0.2, 0.25) is 11.6 Å². The van der Waals surface area contributed by atoms with Crippen LogP contribution in [-0.4, -0.2) is 30.9 Å². The van der Waals surface area contributed by atoms with Crippen LogP contribution in [0.2, 0.25) is 0 Å². The average Bonchev–Trinajstić information content (AvgIpc) is 2.76. The van der Waals surface area contributed by atoms with Gasteiger partial charge in [0.1, 0.15) is 17.6 Å². The van der Waals surface area contributed by atoms with Crippen molar-refractivity contribution in [2.75, 3.05) is 14.2 Å². The number of carbonyl (C=O) groups excluding carboxylic acids is 2. The number of ether oxygens (including phenoxy) is 2. The molecule has 0 saturated carbocycles. The molecule has 0 unspecified atom stereocenters. The van der Waals surface area contributed by atoms with Crippen molar-refractivity contribution in [3.05, 3.63) is 57.4 Å². The molecule has 0 radical (unpaired) electrons. The average molecular weight is 354 g/mol. The van der Waals surface area contributed by atoms with Crippen LogP contribution in [0.1, 0.15) is 36.6 Å². The van der Waals surface area contributed by atoms with Crippen molar-refractivity contribution in [1.29, 1.82) is 0 Å². The predicted molar refractivity (Wildman–Crippen MR) is 98.0 cm³/mol. The number of Topliss-reactive ketones (excluding diaryl/α,β-unsaturated/α-hetero) is 2. The number of aryl methyl sites for hydroxylation is 1. The van der Waals surface area contributed by atoms with Crippen LogP contribution in [0.5, 0.6) is 5.75 Å². The number of hydrogen-bond acceptors (Lipinski definition) is 5. The first-order chi connectivity index (χ1) is 12.3. The summed E-state index contributed by atoms with van der Waals surface area (Å²) >= 11 is 0. The van der Waals surface area contributed by atoms with E-state index in [1.807, 2.05) is 19.1 Å². The van der Waals surface area contributed by atoms with Crippen LogP contribution in [-0.2, 0) is 14.3 Å². The molecule has 0 aliphatic heterocycles. The van der Waals surface area contributed by atoms with E-state index < -0.39 is 17.7 Å². The molecule has 2 aliphatic carbocycles. The molecule has 5 heteroatoms. The summed E-state index contributed by atoms with van der Waals surface area (Å²) < 4.78 is 11.0. The fourth-order valence-electron chi connectivity index (χ4n) is 3.63. The van der Waals surface area contributed by atoms with Gasteiger partial charge in [0.15, 0.2) is 0 Å². The summed E-state index contributed by atoms with van der Waals surface area (Å²) in [6.45, 7) is 5.49. The summed E-state index contributed by atoms with van der Waals surface area (Å²) in [5, 5.41) is 10.7. The number of aliphatic hydroxyl groups excluding tert-OH is 1. The highest BCUT2D eigenvalue weighted by molar-refractivity contribution is 6.50. The molecule has 0 aromatic heterocycles. The van der Waals surface area contributed by atoms with E-state index in [0.717, 1.165) is 16.7 Å². The Kier molecular flexibility index (Phi) is 4.59. The topological polar surface area (TPSA) is 72.8 Å². The third-order valence-corrected chi connectivity index (χ3v) is 4.90. The number of fused-ring (bicyclic) bond motifs is 1. The van der Waals surface area contributed by atoms with Gasteiger partial charge in [-0.3, -0.25) is 9.59 Å². The second kappa shape index (κ2) is 6.57. The second-order valence-corrected chi connectivity index (χ2v) is 6.80. The van der Waals surface area contributed by atoms with Crippen LogP contribution in [0.25, 0.3) is 6.08 Å². The SMILES string of the molecule is COc1cc(C)c2c(c1)[C@@H](OC)C1=C(C=C2)C(O)=C(C(C)C)C(=O)C1=O. The molecule has 1 N–H and O–H groups in total. The zero-order valence-corrected chi connectivity index (χ0v) is 15.5. The van der Waals surface area contributed by atoms with E-state index in [2.05, 4.69) is 0 Å². The van der Waals surface area contributed by atoms with Crippen molar-refractivity contribution in [3.8, 4) is 5.75 Å². The maximum absolute atomic E-state index is 12.9. The zero-order valence-electron chi connectivity index (χ0n) is 15.5. The van der Waals surface area contributed by atoms with Gasteiger partial charge in [-0.25, -0.2) is 0 Å². The fourth-order valence-corrected chi connectivity index (χ4v) is 3.63. The van der Waals surface area contributed by atoms with Crippen molar-refractivity contribution in [1.82, 2.24) is 0 Å². The van der Waals surface area contributed by atoms with Gasteiger partial charge in [0.25, 0.3) is 0 Å². The Morgan fingerprint density at radius 3 is 2.35 bits per heavy atom. The number of rotatable bonds is 3. The van der Waals surface area contributed by atoms with Gasteiger partial charge in [-0.2, -0.15) is 0 Å². The molecule has 0 heterocycles. The van der Waals surface area contributed by atoms with Gasteiger partial charge in [0.05, 0.1) is 7.11 Å². The molecule has 0 amide bonds. The minimum absolute atomic E-state index is 0.143. The molecule has 26 heavy (non-hydrogen) atoms. The lowest BCUT2D eigenvalue weighted by molar-refractivity contribution is -0.133. The summed E-state index contributed by atoms with van der Waals surface area (Å²) in [5.74, 6) is -1.07. The van der Waals surface area contributed by atoms with Gasteiger partial charge in [-0.1, -0.05) is 26.0 Å². The first kappa shape index (κ1) is 18.1. The molecule has 2 aliphatic rings. The van der Waals surface area contributed by atoms with Crippen LogP contribution < -0.4 is 4.74 Å². The molecule has 136 valence electrons. The number of methoxy groups -OCH3 is 2. The maximum Gasteiger partial charge on any atom is 0.233 e. The Hall–Kier alpha value is -2.66. The molecule has 0 bridgehead atoms. The van der Waals surface area contributed by atoms with Crippen molar-refractivity contribution in [3.63, 3.8) is 0 Å². The Balaban J connectivity index is 2.33. The van der Waals surface area contributed by atoms with E-state index in [4.69, 9.17) is 9.47 Å². The lowest BCUT2D eigenvalue weighted by Gasteiger charge is -2.26. The van der Waals surface area contributed by atoms with E-state index in [1.54, 1.807) is 33.1 Å². The summed E-state index contributed by atoms with van der Waals surface area (Å²) in [4.78, 5) is 25.5. The zero-order chi connectivity index (χ0) is 19.2. The Bertz CT molecular complexity index is 899. The second-order valence-electron chi connectivity index (χ2n) is 6.80. The first-order valence-corrected chi connectivity index (χ1v) is 8.47. The third-order valence-electron chi connectivity index (χ3n) is 4.90. The highest BCUT2D eigenvalue weighted by Gasteiger charge is 2.40. The molecular weight excluding hydrogens is 332 g/mol. The summed E-state index contributed by atoms with van der Waals surface area (Å²) in [5.41, 5.74) is 3.22. The van der Waals surface area contributed by atoms with Crippen LogP contribution in [0.4, 0.5) is 0 Å². The monoisotopic (exact) mass is 354 g/mol. The standard InChI is InChI=1S/C21H22O5/c1-10(2)16-18(22)14-7-6-13-11(3)8-12(25-4)9-15(13)21(26-5)17(14)20(24)19(16)23/h6-10,21-22H,1-5H3/t21-/m1/s1. The summed E-state index contributed by atoms with van der Waals surface area (Å²) in [6.07, 6.45) is 2.76. The minimum atomic E-state index is -0.767. The largest absolute Gasteiger partial charge is 0.507 e. The lowest BCUT2D eigenvalue weighted by Crippen LogP contribution is -2.31. The molecule has 1 atom stereocenters. The van der Waals surface area contributed by atoms with Gasteiger partial charge in [-0.05, 0) is 41.7 Å². The van der Waals surface area contributed by atoms with Crippen LogP contribution in [0, 0.1) is 12.8 Å². The highest BCUT2D eigenvalue weighted by atomic mass is 16.5. The number of allylic oxidation sites excluding steroid dienone is 2. The van der Waals surface area contributed by atoms with Gasteiger partial charge < -0.3 is 14.6 Å². The lowest BCUT2D eigenvalue weighted by atomic mass is 9.80. The van der Waals surface area contributed by atoms with Crippen molar-refractivity contribution < 1.29 is 24.2 Å². The molecule has 1 aromatic carbocycles. The van der Waals surface area contributed by atoms with Crippen molar-refractivity contribution in [2.45, 2.75) is 26.9 Å². The molecular formula is C21H22O5. The van der Waals surface area contributed by atoms with E-state index in [-0.39, 0.29) is 22.8 Å². The molecule has 0 fully saturated rings. The van der Waals surface area contributed by atoms with Crippen LogP contribution >= 0.6 is 0 Å². The van der Waals surface area contributed by atoms with Gasteiger partial charge in [-0.15, -0.1) is 0 Å². The quantitative estimate of drug-likeness (QED) is 0.663. The van der Waals surface area contributed by atoms with Gasteiger partial charge >= 0.3 is 0 Å². The number of carbonyl (C=O) groups is 2. The van der Waals surface area contributed by atoms with Crippen molar-refractivity contribution >= 4 is 17.6 Å². The Labute approximate surface area is 152 Å². The molecule has 0 saturated heterocycles. The smallest absolute Gasteiger partial charge is 0.233 e. The fraction of sp³-hybridized carbons (Fsp3) is 0.333. The maximum atomic E-state index is 12.9. The molecule has 0 spiro atoms. The Morgan fingerprint density at radius 2 is 1.77 bits per heavy atom. The number of aliphatic hydroxyl groups is 1. The number of benzene rings is 1. The minimum Gasteiger partial charge on any atom is -0.507 e. The van der Waals surface area contributed by atoms with E-state index in [0.29, 0.717) is 11.3 Å². The highest BCUT2D eigenvalue weighted by Crippen LogP contribution is 2.42. The van der Waals surface area contributed by atoms with E-state index in [9.17, 15) is 14.7 Å². The summed E-state index contributed by atoms with van der Waals surface area (Å²) in [6, 6.07) is 3.69. The summed E-state index contributed by atoms with van der Waals surface area (Å²) in [7, 11) is 3.05. The van der Waals surface area contributed by atoms with Crippen LogP contribution in [0.3, 0.4) is 0 Å². The third kappa shape index (κ3) is 2.59. The van der Waals surface area contributed by atoms with Gasteiger partial charge in [0, 0.05) is 23.8 Å². The van der Waals surface area contributed by atoms with E-state index in [1.165, 1.54) is 7.11 Å².